The Balaban J connectivity index is 1.83. The number of rotatable bonds is 11. The molecule has 29 heavy (non-hydrogen) atoms. The van der Waals surface area contributed by atoms with Crippen molar-refractivity contribution >= 4 is 6.09 Å². The molecule has 1 saturated carbocycles. The second kappa shape index (κ2) is 11.0. The minimum atomic E-state index is -0.307. The maximum absolute atomic E-state index is 12.7. The molecular weight excluding hydrogens is 370 g/mol. The molecule has 1 saturated heterocycles. The highest BCUT2D eigenvalue weighted by molar-refractivity contribution is 5.71. The lowest BCUT2D eigenvalue weighted by atomic mass is 9.79. The van der Waals surface area contributed by atoms with Crippen LogP contribution >= 0.6 is 0 Å². The Hall–Kier alpha value is -1.63. The number of carbonyl (C=O) groups is 1. The molecule has 1 aliphatic heterocycles. The molecule has 2 aliphatic rings. The molecule has 162 valence electrons. The van der Waals surface area contributed by atoms with E-state index in [0.717, 1.165) is 31.2 Å². The second-order valence-corrected chi connectivity index (χ2v) is 8.08. The predicted molar refractivity (Wildman–Crippen MR) is 111 cm³/mol. The molecule has 3 rings (SSSR count). The van der Waals surface area contributed by atoms with Gasteiger partial charge in [-0.05, 0) is 24.8 Å². The van der Waals surface area contributed by atoms with Crippen LogP contribution in [0.2, 0.25) is 0 Å². The number of hydrogen-bond donors (Lipinski definition) is 1. The SMILES string of the molecule is CCCCOC1C(CO)CC2OC(=O)N(Cc3ccccc3)C2C1OCCCC. The quantitative estimate of drug-likeness (QED) is 0.568. The van der Waals surface area contributed by atoms with Crippen molar-refractivity contribution in [3.05, 3.63) is 35.9 Å². The topological polar surface area (TPSA) is 68.2 Å². The molecule has 0 spiro atoms. The summed E-state index contributed by atoms with van der Waals surface area (Å²) in [6.45, 7) is 6.00. The van der Waals surface area contributed by atoms with Gasteiger partial charge in [0.1, 0.15) is 18.2 Å². The maximum Gasteiger partial charge on any atom is 0.410 e. The Bertz CT molecular complexity index is 625. The summed E-state index contributed by atoms with van der Waals surface area (Å²) in [5.41, 5.74) is 1.06. The number of carbonyl (C=O) groups excluding carboxylic acids is 1. The largest absolute Gasteiger partial charge is 0.444 e. The van der Waals surface area contributed by atoms with Crippen molar-refractivity contribution in [2.24, 2.45) is 5.92 Å². The van der Waals surface area contributed by atoms with Gasteiger partial charge in [-0.15, -0.1) is 0 Å². The summed E-state index contributed by atoms with van der Waals surface area (Å²) in [7, 11) is 0. The van der Waals surface area contributed by atoms with Crippen LogP contribution < -0.4 is 0 Å². The van der Waals surface area contributed by atoms with Gasteiger partial charge in [-0.3, -0.25) is 4.90 Å². The Kier molecular flexibility index (Phi) is 8.33. The number of aliphatic hydroxyl groups excluding tert-OH is 1. The number of amides is 1. The van der Waals surface area contributed by atoms with E-state index in [1.807, 2.05) is 30.3 Å². The number of hydrogen-bond acceptors (Lipinski definition) is 5. The lowest BCUT2D eigenvalue weighted by molar-refractivity contribution is -0.160. The Morgan fingerprint density at radius 1 is 1.07 bits per heavy atom. The number of fused-ring (bicyclic) bond motifs is 1. The highest BCUT2D eigenvalue weighted by atomic mass is 16.6. The predicted octanol–water partition coefficient (Wildman–Crippen LogP) is 3.76. The van der Waals surface area contributed by atoms with Crippen molar-refractivity contribution in [3.63, 3.8) is 0 Å². The van der Waals surface area contributed by atoms with Crippen LogP contribution in [0.25, 0.3) is 0 Å². The maximum atomic E-state index is 12.7. The normalized spacial score (nSPS) is 29.0. The highest BCUT2D eigenvalue weighted by Crippen LogP contribution is 2.39. The fraction of sp³-hybridized carbons (Fsp3) is 0.696. The van der Waals surface area contributed by atoms with E-state index >= 15 is 0 Å². The summed E-state index contributed by atoms with van der Waals surface area (Å²) in [5, 5.41) is 10.0. The van der Waals surface area contributed by atoms with E-state index in [1.54, 1.807) is 4.90 Å². The first-order valence-electron chi connectivity index (χ1n) is 11.0. The van der Waals surface area contributed by atoms with E-state index in [-0.39, 0.29) is 43.0 Å². The molecule has 5 atom stereocenters. The molecule has 6 heteroatoms. The first-order chi connectivity index (χ1) is 14.2. The first kappa shape index (κ1) is 22.1. The van der Waals surface area contributed by atoms with E-state index < -0.39 is 0 Å². The molecule has 2 fully saturated rings. The average molecular weight is 406 g/mol. The van der Waals surface area contributed by atoms with Crippen LogP contribution in [0.5, 0.6) is 0 Å². The van der Waals surface area contributed by atoms with Gasteiger partial charge in [-0.1, -0.05) is 57.0 Å². The molecule has 6 nitrogen and oxygen atoms in total. The Morgan fingerprint density at radius 2 is 1.72 bits per heavy atom. The molecule has 5 unspecified atom stereocenters. The summed E-state index contributed by atoms with van der Waals surface area (Å²) in [6.07, 6.45) is 3.48. The van der Waals surface area contributed by atoms with Crippen LogP contribution in [0.3, 0.4) is 0 Å². The summed E-state index contributed by atoms with van der Waals surface area (Å²) >= 11 is 0. The van der Waals surface area contributed by atoms with Crippen LogP contribution in [0.4, 0.5) is 4.79 Å². The van der Waals surface area contributed by atoms with Crippen molar-refractivity contribution < 1.29 is 24.1 Å². The fourth-order valence-electron chi connectivity index (χ4n) is 4.34. The molecule has 0 aromatic heterocycles. The number of ether oxygens (including phenoxy) is 3. The van der Waals surface area contributed by atoms with Gasteiger partial charge in [-0.25, -0.2) is 4.79 Å². The molecule has 1 aromatic rings. The van der Waals surface area contributed by atoms with Gasteiger partial charge in [-0.2, -0.15) is 0 Å². The minimum absolute atomic E-state index is 0.00385. The van der Waals surface area contributed by atoms with E-state index in [1.165, 1.54) is 0 Å². The fourth-order valence-corrected chi connectivity index (χ4v) is 4.34. The van der Waals surface area contributed by atoms with Gasteiger partial charge in [0.25, 0.3) is 0 Å². The van der Waals surface area contributed by atoms with Gasteiger partial charge in [0.2, 0.25) is 0 Å². The summed E-state index contributed by atoms with van der Waals surface area (Å²) in [4.78, 5) is 14.5. The van der Waals surface area contributed by atoms with Gasteiger partial charge in [0.05, 0.1) is 6.10 Å². The number of benzene rings is 1. The third kappa shape index (κ3) is 5.30. The Labute approximate surface area is 174 Å². The third-order valence-electron chi connectivity index (χ3n) is 5.93. The van der Waals surface area contributed by atoms with E-state index in [2.05, 4.69) is 13.8 Å². The zero-order chi connectivity index (χ0) is 20.6. The van der Waals surface area contributed by atoms with E-state index in [0.29, 0.717) is 26.2 Å². The smallest absolute Gasteiger partial charge is 0.410 e. The summed E-state index contributed by atoms with van der Waals surface area (Å²) in [6, 6.07) is 9.75. The molecule has 1 amide bonds. The lowest BCUT2D eigenvalue weighted by Gasteiger charge is -2.44. The van der Waals surface area contributed by atoms with E-state index in [9.17, 15) is 9.90 Å². The van der Waals surface area contributed by atoms with Gasteiger partial charge >= 0.3 is 6.09 Å². The monoisotopic (exact) mass is 405 g/mol. The third-order valence-corrected chi connectivity index (χ3v) is 5.93. The van der Waals surface area contributed by atoms with Crippen molar-refractivity contribution in [1.29, 1.82) is 0 Å². The Morgan fingerprint density at radius 3 is 2.34 bits per heavy atom. The first-order valence-corrected chi connectivity index (χ1v) is 11.0. The van der Waals surface area contributed by atoms with Crippen LogP contribution in [0, 0.1) is 5.92 Å². The molecule has 0 bridgehead atoms. The number of unbranched alkanes of at least 4 members (excludes halogenated alkanes) is 2. The van der Waals surface area contributed by atoms with Gasteiger partial charge in [0.15, 0.2) is 0 Å². The van der Waals surface area contributed by atoms with Crippen LogP contribution in [0.15, 0.2) is 30.3 Å². The van der Waals surface area contributed by atoms with Gasteiger partial charge < -0.3 is 19.3 Å². The van der Waals surface area contributed by atoms with Crippen molar-refractivity contribution in [1.82, 2.24) is 4.90 Å². The average Bonchev–Trinajstić information content (AvgIpc) is 3.04. The highest BCUT2D eigenvalue weighted by Gasteiger charge is 2.55. The zero-order valence-electron chi connectivity index (χ0n) is 17.7. The molecule has 1 aromatic carbocycles. The van der Waals surface area contributed by atoms with Crippen LogP contribution in [-0.2, 0) is 20.8 Å². The molecule has 1 N–H and O–H groups in total. The number of aliphatic hydroxyl groups is 1. The van der Waals surface area contributed by atoms with Crippen LogP contribution in [-0.4, -0.2) is 60.3 Å². The van der Waals surface area contributed by atoms with Crippen molar-refractivity contribution in [2.45, 2.75) is 76.9 Å². The number of nitrogens with zero attached hydrogens (tertiary/aromatic N) is 1. The minimum Gasteiger partial charge on any atom is -0.444 e. The molecule has 0 radical (unpaired) electrons. The van der Waals surface area contributed by atoms with E-state index in [4.69, 9.17) is 14.2 Å². The second-order valence-electron chi connectivity index (χ2n) is 8.08. The molecule has 1 aliphatic carbocycles. The van der Waals surface area contributed by atoms with Crippen molar-refractivity contribution in [3.8, 4) is 0 Å². The lowest BCUT2D eigenvalue weighted by Crippen LogP contribution is -2.59. The van der Waals surface area contributed by atoms with Crippen molar-refractivity contribution in [2.75, 3.05) is 19.8 Å². The van der Waals surface area contributed by atoms with Gasteiger partial charge in [0, 0.05) is 32.3 Å². The van der Waals surface area contributed by atoms with Crippen LogP contribution in [0.1, 0.15) is 51.5 Å². The molecule has 1 heterocycles. The molecular formula is C23H35NO5. The summed E-state index contributed by atoms with van der Waals surface area (Å²) in [5.74, 6) is -0.0933. The zero-order valence-corrected chi connectivity index (χ0v) is 17.7. The standard InChI is InChI=1S/C23H35NO5/c1-3-5-12-27-21-18(16-25)14-19-20(22(21)28-13-6-4-2)24(23(26)29-19)15-17-10-8-7-9-11-17/h7-11,18-22,25H,3-6,12-16H2,1-2H3. The summed E-state index contributed by atoms with van der Waals surface area (Å²) < 4.78 is 18.3.